The van der Waals surface area contributed by atoms with Crippen LogP contribution in [-0.4, -0.2) is 6.54 Å². The lowest BCUT2D eigenvalue weighted by Crippen LogP contribution is -2.21. The second-order valence-corrected chi connectivity index (χ2v) is 5.59. The predicted molar refractivity (Wildman–Crippen MR) is 72.9 cm³/mol. The number of hydrogen-bond donors (Lipinski definition) is 1. The summed E-state index contributed by atoms with van der Waals surface area (Å²) in [7, 11) is 0. The van der Waals surface area contributed by atoms with E-state index in [9.17, 15) is 0 Å². The van der Waals surface area contributed by atoms with E-state index in [4.69, 9.17) is 0 Å². The highest BCUT2D eigenvalue weighted by Gasteiger charge is 2.25. The maximum Gasteiger partial charge on any atom is 0.0322 e. The van der Waals surface area contributed by atoms with Crippen molar-refractivity contribution < 1.29 is 0 Å². The molecule has 0 aliphatic heterocycles. The van der Waals surface area contributed by atoms with Gasteiger partial charge in [0.1, 0.15) is 0 Å². The Balaban J connectivity index is 2.04. The molecule has 0 spiro atoms. The molecule has 0 amide bonds. The summed E-state index contributed by atoms with van der Waals surface area (Å²) in [6.45, 7) is 3.25. The van der Waals surface area contributed by atoms with Gasteiger partial charge in [-0.15, -0.1) is 0 Å². The van der Waals surface area contributed by atoms with Crippen LogP contribution < -0.4 is 5.32 Å². The Kier molecular flexibility index (Phi) is 4.03. The molecule has 0 saturated heterocycles. The van der Waals surface area contributed by atoms with Crippen LogP contribution in [-0.2, 0) is 0 Å². The van der Waals surface area contributed by atoms with E-state index in [-0.39, 0.29) is 0 Å². The molecule has 1 aromatic carbocycles. The SMILES string of the molecule is CCNC(CC1CC1)c1ccc(I)cc1. The van der Waals surface area contributed by atoms with Crippen LogP contribution in [0.5, 0.6) is 0 Å². The molecule has 15 heavy (non-hydrogen) atoms. The lowest BCUT2D eigenvalue weighted by Gasteiger charge is -2.18. The van der Waals surface area contributed by atoms with Crippen molar-refractivity contribution in [2.75, 3.05) is 6.54 Å². The number of hydrogen-bond acceptors (Lipinski definition) is 1. The van der Waals surface area contributed by atoms with Crippen LogP contribution in [0.1, 0.15) is 37.8 Å². The monoisotopic (exact) mass is 315 g/mol. The van der Waals surface area contributed by atoms with E-state index in [1.807, 2.05) is 0 Å². The molecule has 2 rings (SSSR count). The van der Waals surface area contributed by atoms with Crippen LogP contribution >= 0.6 is 22.6 Å². The minimum Gasteiger partial charge on any atom is -0.310 e. The van der Waals surface area contributed by atoms with Gasteiger partial charge in [0.25, 0.3) is 0 Å². The van der Waals surface area contributed by atoms with Crippen molar-refractivity contribution in [1.29, 1.82) is 0 Å². The highest BCUT2D eigenvalue weighted by Crippen LogP contribution is 2.37. The molecule has 1 fully saturated rings. The van der Waals surface area contributed by atoms with E-state index in [2.05, 4.69) is 59.1 Å². The molecule has 1 unspecified atom stereocenters. The van der Waals surface area contributed by atoms with E-state index < -0.39 is 0 Å². The Morgan fingerprint density at radius 3 is 2.53 bits per heavy atom. The third-order valence-electron chi connectivity index (χ3n) is 2.99. The fourth-order valence-corrected chi connectivity index (χ4v) is 2.33. The van der Waals surface area contributed by atoms with Crippen molar-refractivity contribution in [3.63, 3.8) is 0 Å². The van der Waals surface area contributed by atoms with Gasteiger partial charge in [-0.3, -0.25) is 0 Å². The molecule has 1 aliphatic rings. The number of halogens is 1. The van der Waals surface area contributed by atoms with Gasteiger partial charge in [0.15, 0.2) is 0 Å². The standard InChI is InChI=1S/C13H18IN/c1-2-15-13(9-10-3-4-10)11-5-7-12(14)8-6-11/h5-8,10,13,15H,2-4,9H2,1H3. The molecule has 0 aromatic heterocycles. The van der Waals surface area contributed by atoms with Gasteiger partial charge in [0, 0.05) is 9.61 Å². The Bertz CT molecular complexity index is 303. The molecule has 1 N–H and O–H groups in total. The van der Waals surface area contributed by atoms with E-state index in [0.29, 0.717) is 6.04 Å². The molecule has 2 heteroatoms. The summed E-state index contributed by atoms with van der Waals surface area (Å²) in [6.07, 6.45) is 4.19. The molecule has 1 aromatic rings. The fraction of sp³-hybridized carbons (Fsp3) is 0.538. The molecular weight excluding hydrogens is 297 g/mol. The Hall–Kier alpha value is -0.0900. The fourth-order valence-electron chi connectivity index (χ4n) is 1.97. The summed E-state index contributed by atoms with van der Waals surface area (Å²) in [4.78, 5) is 0. The highest BCUT2D eigenvalue weighted by molar-refractivity contribution is 14.1. The van der Waals surface area contributed by atoms with Crippen LogP contribution in [0.25, 0.3) is 0 Å². The second-order valence-electron chi connectivity index (χ2n) is 4.34. The smallest absolute Gasteiger partial charge is 0.0322 e. The second kappa shape index (κ2) is 5.30. The average molecular weight is 315 g/mol. The van der Waals surface area contributed by atoms with Crippen molar-refractivity contribution in [3.8, 4) is 0 Å². The first-order valence-electron chi connectivity index (χ1n) is 5.78. The van der Waals surface area contributed by atoms with Crippen molar-refractivity contribution in [2.45, 2.75) is 32.2 Å². The number of benzene rings is 1. The van der Waals surface area contributed by atoms with Crippen molar-refractivity contribution in [3.05, 3.63) is 33.4 Å². The zero-order valence-electron chi connectivity index (χ0n) is 9.17. The first-order chi connectivity index (χ1) is 7.29. The maximum absolute atomic E-state index is 3.59. The third-order valence-corrected chi connectivity index (χ3v) is 3.71. The maximum atomic E-state index is 3.59. The average Bonchev–Trinajstić information content (AvgIpc) is 3.02. The molecule has 0 radical (unpaired) electrons. The first kappa shape index (κ1) is 11.4. The summed E-state index contributed by atoms with van der Waals surface area (Å²) >= 11 is 2.36. The van der Waals surface area contributed by atoms with Crippen LogP contribution in [0.3, 0.4) is 0 Å². The van der Waals surface area contributed by atoms with Gasteiger partial charge >= 0.3 is 0 Å². The Labute approximate surface area is 106 Å². The normalized spacial score (nSPS) is 17.7. The van der Waals surface area contributed by atoms with E-state index in [0.717, 1.165) is 12.5 Å². The van der Waals surface area contributed by atoms with E-state index in [1.54, 1.807) is 0 Å². The first-order valence-corrected chi connectivity index (χ1v) is 6.86. The Morgan fingerprint density at radius 2 is 2.00 bits per heavy atom. The van der Waals surface area contributed by atoms with Gasteiger partial charge < -0.3 is 5.32 Å². The van der Waals surface area contributed by atoms with Gasteiger partial charge in [0.2, 0.25) is 0 Å². The quantitative estimate of drug-likeness (QED) is 0.816. The van der Waals surface area contributed by atoms with Gasteiger partial charge in [-0.05, 0) is 59.2 Å². The largest absolute Gasteiger partial charge is 0.310 e. The van der Waals surface area contributed by atoms with Gasteiger partial charge in [0.05, 0.1) is 0 Å². The predicted octanol–water partition coefficient (Wildman–Crippen LogP) is 3.74. The lowest BCUT2D eigenvalue weighted by molar-refractivity contribution is 0.487. The van der Waals surface area contributed by atoms with Crippen LogP contribution in [0.4, 0.5) is 0 Å². The van der Waals surface area contributed by atoms with Crippen molar-refractivity contribution in [1.82, 2.24) is 5.32 Å². The van der Waals surface area contributed by atoms with Gasteiger partial charge in [-0.1, -0.05) is 31.9 Å². The number of rotatable bonds is 5. The summed E-state index contributed by atoms with van der Waals surface area (Å²) in [5.41, 5.74) is 1.45. The minimum absolute atomic E-state index is 0.569. The van der Waals surface area contributed by atoms with Crippen LogP contribution in [0.2, 0.25) is 0 Å². The summed E-state index contributed by atoms with van der Waals surface area (Å²) in [5, 5.41) is 3.59. The Morgan fingerprint density at radius 1 is 1.33 bits per heavy atom. The summed E-state index contributed by atoms with van der Waals surface area (Å²) in [6, 6.07) is 9.49. The molecular formula is C13H18IN. The third kappa shape index (κ3) is 3.45. The molecule has 0 bridgehead atoms. The van der Waals surface area contributed by atoms with E-state index in [1.165, 1.54) is 28.4 Å². The molecule has 1 aliphatic carbocycles. The zero-order valence-corrected chi connectivity index (χ0v) is 11.3. The highest BCUT2D eigenvalue weighted by atomic mass is 127. The summed E-state index contributed by atoms with van der Waals surface area (Å²) < 4.78 is 1.32. The molecule has 0 heterocycles. The van der Waals surface area contributed by atoms with Crippen LogP contribution in [0.15, 0.2) is 24.3 Å². The minimum atomic E-state index is 0.569. The molecule has 1 saturated carbocycles. The van der Waals surface area contributed by atoms with Gasteiger partial charge in [-0.2, -0.15) is 0 Å². The number of nitrogens with one attached hydrogen (secondary N) is 1. The molecule has 1 atom stereocenters. The molecule has 1 nitrogen and oxygen atoms in total. The van der Waals surface area contributed by atoms with E-state index >= 15 is 0 Å². The van der Waals surface area contributed by atoms with Crippen molar-refractivity contribution in [2.24, 2.45) is 5.92 Å². The lowest BCUT2D eigenvalue weighted by atomic mass is 10.0. The topological polar surface area (TPSA) is 12.0 Å². The molecule has 82 valence electrons. The summed E-state index contributed by atoms with van der Waals surface area (Å²) in [5.74, 6) is 0.980. The van der Waals surface area contributed by atoms with Gasteiger partial charge in [-0.25, -0.2) is 0 Å². The van der Waals surface area contributed by atoms with Crippen LogP contribution in [0, 0.1) is 9.49 Å². The zero-order chi connectivity index (χ0) is 10.7. The van der Waals surface area contributed by atoms with Crippen molar-refractivity contribution >= 4 is 22.6 Å².